The molecule has 3 rings (SSSR count). The lowest BCUT2D eigenvalue weighted by Gasteiger charge is -2.27. The van der Waals surface area contributed by atoms with Crippen LogP contribution in [0.4, 0.5) is 23.2 Å². The van der Waals surface area contributed by atoms with Crippen LogP contribution in [0.15, 0.2) is 36.4 Å². The van der Waals surface area contributed by atoms with E-state index in [1.165, 1.54) is 17.0 Å². The molecule has 1 amide bonds. The van der Waals surface area contributed by atoms with E-state index in [0.29, 0.717) is 26.3 Å². The van der Waals surface area contributed by atoms with Crippen LogP contribution in [0.1, 0.15) is 15.9 Å². The van der Waals surface area contributed by atoms with Crippen LogP contribution in [0.25, 0.3) is 16.0 Å². The number of alkyl halides is 3. The summed E-state index contributed by atoms with van der Waals surface area (Å²) in [4.78, 5) is 17.2. The number of hydrogen-bond acceptors (Lipinski definition) is 2. The van der Waals surface area contributed by atoms with Crippen molar-refractivity contribution in [3.63, 3.8) is 0 Å². The zero-order chi connectivity index (χ0) is 19.6. The molecule has 0 N–H and O–H groups in total. The largest absolute Gasteiger partial charge is 0.407 e. The minimum absolute atomic E-state index is 0.0272. The second-order valence-corrected chi connectivity index (χ2v) is 5.94. The number of hydrogen-bond donors (Lipinski definition) is 0. The molecule has 2 aromatic carbocycles. The van der Waals surface area contributed by atoms with Crippen LogP contribution < -0.4 is 0 Å². The Kier molecular flexibility index (Phi) is 5.15. The molecule has 1 aliphatic rings. The van der Waals surface area contributed by atoms with E-state index in [4.69, 9.17) is 11.3 Å². The highest BCUT2D eigenvalue weighted by atomic mass is 19.4. The van der Waals surface area contributed by atoms with Crippen molar-refractivity contribution in [1.29, 1.82) is 0 Å². The van der Waals surface area contributed by atoms with Gasteiger partial charge in [-0.3, -0.25) is 4.79 Å². The van der Waals surface area contributed by atoms with Crippen molar-refractivity contribution in [1.82, 2.24) is 4.90 Å². The molecule has 1 heterocycles. The van der Waals surface area contributed by atoms with Gasteiger partial charge >= 0.3 is 6.18 Å². The molecule has 0 bridgehead atoms. The lowest BCUT2D eigenvalue weighted by molar-refractivity contribution is -0.136. The number of rotatable bonds is 2. The van der Waals surface area contributed by atoms with Crippen LogP contribution in [0.2, 0.25) is 0 Å². The van der Waals surface area contributed by atoms with Crippen LogP contribution in [-0.2, 0) is 10.9 Å². The van der Waals surface area contributed by atoms with Crippen molar-refractivity contribution in [3.05, 3.63) is 64.8 Å². The highest BCUT2D eigenvalue weighted by molar-refractivity contribution is 6.01. The summed E-state index contributed by atoms with van der Waals surface area (Å²) < 4.78 is 58.7. The number of benzene rings is 2. The van der Waals surface area contributed by atoms with Gasteiger partial charge in [-0.1, -0.05) is 24.3 Å². The van der Waals surface area contributed by atoms with E-state index in [-0.39, 0.29) is 16.7 Å². The number of ether oxygens (including phenoxy) is 1. The Labute approximate surface area is 152 Å². The third-order valence-electron chi connectivity index (χ3n) is 4.24. The van der Waals surface area contributed by atoms with E-state index >= 15 is 0 Å². The van der Waals surface area contributed by atoms with Crippen molar-refractivity contribution >= 4 is 11.6 Å². The van der Waals surface area contributed by atoms with Gasteiger partial charge in [0.1, 0.15) is 5.82 Å². The molecular formula is C19H14F4N2O2. The maximum absolute atomic E-state index is 13.8. The first kappa shape index (κ1) is 18.9. The summed E-state index contributed by atoms with van der Waals surface area (Å²) in [6.45, 7) is 8.24. The van der Waals surface area contributed by atoms with Crippen LogP contribution in [-0.4, -0.2) is 37.1 Å². The van der Waals surface area contributed by atoms with Gasteiger partial charge in [-0.05, 0) is 23.3 Å². The van der Waals surface area contributed by atoms with Crippen molar-refractivity contribution in [3.8, 4) is 11.1 Å². The molecule has 0 radical (unpaired) electrons. The van der Waals surface area contributed by atoms with Crippen LogP contribution in [0.3, 0.4) is 0 Å². The Hall–Kier alpha value is -2.92. The molecule has 0 aromatic heterocycles. The lowest BCUT2D eigenvalue weighted by Crippen LogP contribution is -2.40. The number of nitrogens with zero attached hydrogens (tertiary/aromatic N) is 2. The molecule has 0 atom stereocenters. The molecule has 2 aromatic rings. The van der Waals surface area contributed by atoms with Gasteiger partial charge in [0, 0.05) is 13.1 Å². The topological polar surface area (TPSA) is 33.9 Å². The highest BCUT2D eigenvalue weighted by Gasteiger charge is 2.34. The molecule has 8 heteroatoms. The van der Waals surface area contributed by atoms with Gasteiger partial charge in [0.25, 0.3) is 5.91 Å². The second-order valence-electron chi connectivity index (χ2n) is 5.94. The zero-order valence-corrected chi connectivity index (χ0v) is 14.0. The van der Waals surface area contributed by atoms with Gasteiger partial charge in [-0.25, -0.2) is 9.24 Å². The number of morpholine rings is 1. The third kappa shape index (κ3) is 3.93. The van der Waals surface area contributed by atoms with Crippen molar-refractivity contribution in [2.75, 3.05) is 26.3 Å². The zero-order valence-electron chi connectivity index (χ0n) is 14.0. The molecule has 1 saturated heterocycles. The monoisotopic (exact) mass is 378 g/mol. The maximum Gasteiger partial charge on any atom is 0.407 e. The van der Waals surface area contributed by atoms with Gasteiger partial charge in [-0.15, -0.1) is 0 Å². The van der Waals surface area contributed by atoms with Gasteiger partial charge < -0.3 is 9.64 Å². The molecule has 0 spiro atoms. The fraction of sp³-hybridized carbons (Fsp3) is 0.263. The molecule has 4 nitrogen and oxygen atoms in total. The first-order chi connectivity index (χ1) is 12.8. The molecule has 27 heavy (non-hydrogen) atoms. The Bertz CT molecular complexity index is 913. The summed E-state index contributed by atoms with van der Waals surface area (Å²) in [7, 11) is 0. The molecule has 140 valence electrons. The van der Waals surface area contributed by atoms with Crippen LogP contribution in [0, 0.1) is 12.4 Å². The summed E-state index contributed by atoms with van der Waals surface area (Å²) >= 11 is 0. The predicted molar refractivity (Wildman–Crippen MR) is 89.8 cm³/mol. The summed E-state index contributed by atoms with van der Waals surface area (Å²) in [6.07, 6.45) is -4.72. The molecule has 1 aliphatic heterocycles. The van der Waals surface area contributed by atoms with E-state index in [1.807, 2.05) is 0 Å². The lowest BCUT2D eigenvalue weighted by atomic mass is 9.96. The second kappa shape index (κ2) is 7.37. The first-order valence-electron chi connectivity index (χ1n) is 8.07. The Morgan fingerprint density at radius 2 is 1.81 bits per heavy atom. The van der Waals surface area contributed by atoms with E-state index in [9.17, 15) is 22.4 Å². The summed E-state index contributed by atoms with van der Waals surface area (Å²) in [5.41, 5.74) is -1.39. The van der Waals surface area contributed by atoms with Gasteiger partial charge in [-0.2, -0.15) is 13.2 Å². The number of carbonyl (C=O) groups excluding carboxylic acids is 1. The molecule has 0 saturated carbocycles. The fourth-order valence-electron chi connectivity index (χ4n) is 2.91. The average molecular weight is 378 g/mol. The minimum atomic E-state index is -4.72. The standard InChI is InChI=1S/C19H14F4N2O2/c1-24-17-5-2-12(10-16(17)19(21,22)23)14-4-3-13(20)11-15(14)18(26)25-6-8-27-9-7-25/h2-5,10-11H,6-9H2. The minimum Gasteiger partial charge on any atom is -0.378 e. The number of carbonyl (C=O) groups is 1. The maximum atomic E-state index is 13.8. The van der Waals surface area contributed by atoms with Crippen molar-refractivity contribution in [2.24, 2.45) is 0 Å². The van der Waals surface area contributed by atoms with Gasteiger partial charge in [0.15, 0.2) is 5.69 Å². The summed E-state index contributed by atoms with van der Waals surface area (Å²) in [6, 6.07) is 6.57. The Morgan fingerprint density at radius 3 is 2.44 bits per heavy atom. The van der Waals surface area contributed by atoms with E-state index in [0.717, 1.165) is 24.3 Å². The highest BCUT2D eigenvalue weighted by Crippen LogP contribution is 2.39. The summed E-state index contributed by atoms with van der Waals surface area (Å²) in [5.74, 6) is -1.14. The first-order valence-corrected chi connectivity index (χ1v) is 8.07. The predicted octanol–water partition coefficient (Wildman–Crippen LogP) is 4.53. The van der Waals surface area contributed by atoms with Gasteiger partial charge in [0.2, 0.25) is 0 Å². The van der Waals surface area contributed by atoms with Crippen molar-refractivity contribution in [2.45, 2.75) is 6.18 Å². The van der Waals surface area contributed by atoms with Crippen LogP contribution >= 0.6 is 0 Å². The fourth-order valence-corrected chi connectivity index (χ4v) is 2.91. The molecule has 0 aliphatic carbocycles. The van der Waals surface area contributed by atoms with Crippen molar-refractivity contribution < 1.29 is 27.1 Å². The number of amides is 1. The van der Waals surface area contributed by atoms with E-state index in [1.54, 1.807) is 0 Å². The van der Waals surface area contributed by atoms with E-state index in [2.05, 4.69) is 4.85 Å². The third-order valence-corrected chi connectivity index (χ3v) is 4.24. The average Bonchev–Trinajstić information content (AvgIpc) is 2.67. The van der Waals surface area contributed by atoms with E-state index < -0.39 is 29.2 Å². The van der Waals surface area contributed by atoms with Gasteiger partial charge in [0.05, 0.1) is 30.9 Å². The Balaban J connectivity index is 2.10. The smallest absolute Gasteiger partial charge is 0.378 e. The molecule has 1 fully saturated rings. The SMILES string of the molecule is [C-]#[N+]c1ccc(-c2ccc(F)cc2C(=O)N2CCOCC2)cc1C(F)(F)F. The quantitative estimate of drug-likeness (QED) is 0.568. The number of halogens is 4. The molecule has 0 unspecified atom stereocenters. The summed E-state index contributed by atoms with van der Waals surface area (Å²) in [5, 5.41) is 0. The molecular weight excluding hydrogens is 364 g/mol. The normalized spacial score (nSPS) is 14.7. The van der Waals surface area contributed by atoms with Crippen LogP contribution in [0.5, 0.6) is 0 Å². The Morgan fingerprint density at radius 1 is 1.11 bits per heavy atom.